The average molecular weight is 239 g/mol. The Morgan fingerprint density at radius 2 is 2.18 bits per heavy atom. The molecule has 5 heteroatoms. The van der Waals surface area contributed by atoms with Gasteiger partial charge < -0.3 is 14.4 Å². The monoisotopic (exact) mass is 239 g/mol. The van der Waals surface area contributed by atoms with Crippen LogP contribution in [0.4, 0.5) is 0 Å². The summed E-state index contributed by atoms with van der Waals surface area (Å²) in [4.78, 5) is 22.2. The van der Waals surface area contributed by atoms with Gasteiger partial charge in [0.2, 0.25) is 0 Å². The first-order chi connectivity index (χ1) is 8.00. The number of ether oxygens (including phenoxy) is 1. The van der Waals surface area contributed by atoms with Crippen LogP contribution in [0, 0.1) is 5.92 Å². The van der Waals surface area contributed by atoms with E-state index in [-0.39, 0.29) is 11.1 Å². The molecule has 0 spiro atoms. The van der Waals surface area contributed by atoms with Gasteiger partial charge in [-0.05, 0) is 12.0 Å². The van der Waals surface area contributed by atoms with Crippen molar-refractivity contribution in [2.24, 2.45) is 5.92 Å². The second-order valence-electron chi connectivity index (χ2n) is 4.22. The highest BCUT2D eigenvalue weighted by molar-refractivity contribution is 5.87. The number of hydrogen-bond donors (Lipinski definition) is 1. The van der Waals surface area contributed by atoms with E-state index in [1.54, 1.807) is 0 Å². The Hall–Kier alpha value is -1.62. The number of aromatic carboxylic acids is 1. The van der Waals surface area contributed by atoms with Crippen molar-refractivity contribution in [3.8, 4) is 0 Å². The van der Waals surface area contributed by atoms with E-state index in [4.69, 9.17) is 9.84 Å². The van der Waals surface area contributed by atoms with Crippen molar-refractivity contribution >= 4 is 5.97 Å². The molecule has 5 nitrogen and oxygen atoms in total. The molecule has 0 aliphatic carbocycles. The van der Waals surface area contributed by atoms with Gasteiger partial charge in [-0.25, -0.2) is 4.79 Å². The number of nitrogens with zero attached hydrogens (tertiary/aromatic N) is 1. The van der Waals surface area contributed by atoms with Crippen molar-refractivity contribution in [1.82, 2.24) is 4.57 Å². The number of aromatic nitrogens is 1. The SMILES string of the molecule is CC(C)COCCn1cc(C(=O)O)ccc1=O. The zero-order valence-corrected chi connectivity index (χ0v) is 10.0. The van der Waals surface area contributed by atoms with Gasteiger partial charge in [-0.1, -0.05) is 13.8 Å². The minimum Gasteiger partial charge on any atom is -0.478 e. The molecule has 0 fully saturated rings. The lowest BCUT2D eigenvalue weighted by molar-refractivity contribution is 0.0694. The maximum absolute atomic E-state index is 11.4. The van der Waals surface area contributed by atoms with E-state index in [1.165, 1.54) is 22.9 Å². The highest BCUT2D eigenvalue weighted by Crippen LogP contribution is 1.97. The Morgan fingerprint density at radius 3 is 2.76 bits per heavy atom. The van der Waals surface area contributed by atoms with Gasteiger partial charge in [-0.3, -0.25) is 4.79 Å². The highest BCUT2D eigenvalue weighted by Gasteiger charge is 2.05. The third-order valence-electron chi connectivity index (χ3n) is 2.16. The normalized spacial score (nSPS) is 10.8. The van der Waals surface area contributed by atoms with E-state index in [0.29, 0.717) is 25.7 Å². The minimum absolute atomic E-state index is 0.105. The predicted octanol–water partition coefficient (Wildman–Crippen LogP) is 1.22. The van der Waals surface area contributed by atoms with Crippen molar-refractivity contribution < 1.29 is 14.6 Å². The van der Waals surface area contributed by atoms with Gasteiger partial charge >= 0.3 is 5.97 Å². The van der Waals surface area contributed by atoms with Crippen LogP contribution in [-0.4, -0.2) is 28.9 Å². The van der Waals surface area contributed by atoms with Crippen LogP contribution >= 0.6 is 0 Å². The number of carboxylic acids is 1. The second kappa shape index (κ2) is 6.20. The van der Waals surface area contributed by atoms with Gasteiger partial charge in [0.15, 0.2) is 0 Å². The number of hydrogen-bond acceptors (Lipinski definition) is 3. The molecule has 0 radical (unpaired) electrons. The van der Waals surface area contributed by atoms with E-state index in [1.807, 2.05) is 13.8 Å². The third kappa shape index (κ3) is 4.40. The number of carboxylic acid groups (broad SMARTS) is 1. The fourth-order valence-corrected chi connectivity index (χ4v) is 1.31. The summed E-state index contributed by atoms with van der Waals surface area (Å²) in [6.45, 7) is 5.48. The highest BCUT2D eigenvalue weighted by atomic mass is 16.5. The maximum Gasteiger partial charge on any atom is 0.337 e. The molecule has 1 aromatic rings. The lowest BCUT2D eigenvalue weighted by atomic mass is 10.2. The van der Waals surface area contributed by atoms with Gasteiger partial charge in [0, 0.05) is 25.4 Å². The quantitative estimate of drug-likeness (QED) is 0.758. The molecule has 17 heavy (non-hydrogen) atoms. The molecule has 1 aromatic heterocycles. The number of pyridine rings is 1. The molecule has 0 bridgehead atoms. The van der Waals surface area contributed by atoms with Crippen molar-refractivity contribution in [1.29, 1.82) is 0 Å². The van der Waals surface area contributed by atoms with Gasteiger partial charge in [0.05, 0.1) is 12.2 Å². The molecule has 0 aliphatic heterocycles. The first-order valence-corrected chi connectivity index (χ1v) is 5.52. The van der Waals surface area contributed by atoms with Crippen molar-refractivity contribution in [3.05, 3.63) is 34.2 Å². The third-order valence-corrected chi connectivity index (χ3v) is 2.16. The smallest absolute Gasteiger partial charge is 0.337 e. The zero-order chi connectivity index (χ0) is 12.8. The Bertz CT molecular complexity index is 436. The van der Waals surface area contributed by atoms with Crippen molar-refractivity contribution in [3.63, 3.8) is 0 Å². The van der Waals surface area contributed by atoms with E-state index in [9.17, 15) is 9.59 Å². The molecular weight excluding hydrogens is 222 g/mol. The summed E-state index contributed by atoms with van der Waals surface area (Å²) in [7, 11) is 0. The summed E-state index contributed by atoms with van der Waals surface area (Å²) in [5.74, 6) is -0.598. The molecule has 0 aromatic carbocycles. The van der Waals surface area contributed by atoms with Gasteiger partial charge in [0.1, 0.15) is 0 Å². The van der Waals surface area contributed by atoms with Crippen molar-refractivity contribution in [2.75, 3.05) is 13.2 Å². The summed E-state index contributed by atoms with van der Waals surface area (Å²) in [5, 5.41) is 8.80. The van der Waals surface area contributed by atoms with Crippen LogP contribution in [0.5, 0.6) is 0 Å². The van der Waals surface area contributed by atoms with Crippen LogP contribution in [0.25, 0.3) is 0 Å². The van der Waals surface area contributed by atoms with Crippen LogP contribution < -0.4 is 5.56 Å². The Balaban J connectivity index is 2.61. The molecule has 0 amide bonds. The van der Waals surface area contributed by atoms with Gasteiger partial charge in [-0.15, -0.1) is 0 Å². The molecule has 0 atom stereocenters. The number of carbonyl (C=O) groups is 1. The predicted molar refractivity (Wildman–Crippen MR) is 63.3 cm³/mol. The lowest BCUT2D eigenvalue weighted by Crippen LogP contribution is -2.22. The average Bonchev–Trinajstić information content (AvgIpc) is 2.25. The van der Waals surface area contributed by atoms with Gasteiger partial charge in [0.25, 0.3) is 5.56 Å². The van der Waals surface area contributed by atoms with Crippen LogP contribution in [0.2, 0.25) is 0 Å². The van der Waals surface area contributed by atoms with Crippen LogP contribution in [0.15, 0.2) is 23.1 Å². The van der Waals surface area contributed by atoms with Crippen LogP contribution in [-0.2, 0) is 11.3 Å². The molecule has 94 valence electrons. The second-order valence-corrected chi connectivity index (χ2v) is 4.22. The first-order valence-electron chi connectivity index (χ1n) is 5.52. The molecule has 0 saturated heterocycles. The van der Waals surface area contributed by atoms with Crippen LogP contribution in [0.3, 0.4) is 0 Å². The topological polar surface area (TPSA) is 68.5 Å². The summed E-state index contributed by atoms with van der Waals surface area (Å²) in [6, 6.07) is 2.56. The summed E-state index contributed by atoms with van der Waals surface area (Å²) in [5.41, 5.74) is -0.114. The fourth-order valence-electron chi connectivity index (χ4n) is 1.31. The van der Waals surface area contributed by atoms with E-state index < -0.39 is 5.97 Å². The van der Waals surface area contributed by atoms with E-state index in [2.05, 4.69) is 0 Å². The molecule has 0 unspecified atom stereocenters. The Kier molecular flexibility index (Phi) is 4.90. The first kappa shape index (κ1) is 13.4. The van der Waals surface area contributed by atoms with Gasteiger partial charge in [-0.2, -0.15) is 0 Å². The zero-order valence-electron chi connectivity index (χ0n) is 10.0. The lowest BCUT2D eigenvalue weighted by Gasteiger charge is -2.09. The molecule has 1 heterocycles. The minimum atomic E-state index is -1.04. The van der Waals surface area contributed by atoms with E-state index >= 15 is 0 Å². The molecule has 0 saturated carbocycles. The van der Waals surface area contributed by atoms with Crippen LogP contribution in [0.1, 0.15) is 24.2 Å². The van der Waals surface area contributed by atoms with E-state index in [0.717, 1.165) is 0 Å². The summed E-state index contributed by atoms with van der Waals surface area (Å²) in [6.07, 6.45) is 1.34. The Labute approximate surface area is 99.6 Å². The number of rotatable bonds is 6. The van der Waals surface area contributed by atoms with Crippen molar-refractivity contribution in [2.45, 2.75) is 20.4 Å². The molecule has 1 N–H and O–H groups in total. The largest absolute Gasteiger partial charge is 0.478 e. The summed E-state index contributed by atoms with van der Waals surface area (Å²) >= 11 is 0. The standard InChI is InChI=1S/C12H17NO4/c1-9(2)8-17-6-5-13-7-10(12(15)16)3-4-11(13)14/h3-4,7,9H,5-6,8H2,1-2H3,(H,15,16). The molecule has 1 rings (SSSR count). The Morgan fingerprint density at radius 1 is 1.47 bits per heavy atom. The summed E-state index contributed by atoms with van der Waals surface area (Å²) < 4.78 is 6.70. The molecule has 0 aliphatic rings. The maximum atomic E-state index is 11.4. The fraction of sp³-hybridized carbons (Fsp3) is 0.500. The molecular formula is C12H17NO4.